The number of hydrogen-bond acceptors (Lipinski definition) is 5. The van der Waals surface area contributed by atoms with Crippen LogP contribution in [-0.2, 0) is 13.8 Å². The Morgan fingerprint density at radius 2 is 2.14 bits per heavy atom. The first-order valence-electron chi connectivity index (χ1n) is 3.79. The molecule has 3 atom stereocenters. The minimum atomic E-state index is -4.66. The summed E-state index contributed by atoms with van der Waals surface area (Å²) in [4.78, 5) is 17.0. The number of phosphoric ester groups is 1. The Balaban J connectivity index is 2.65. The van der Waals surface area contributed by atoms with E-state index in [-0.39, 0.29) is 0 Å². The molecule has 0 aliphatic carbocycles. The Hall–Kier alpha value is -0.430. The van der Waals surface area contributed by atoms with Gasteiger partial charge in [-0.15, -0.1) is 0 Å². The SMILES string of the molecule is O=P(O)(O)O[C@@H]1C=CO[C@H](CO)[C@H]1O. The zero-order chi connectivity index (χ0) is 10.8. The van der Waals surface area contributed by atoms with Crippen LogP contribution in [0.2, 0.25) is 0 Å². The second kappa shape index (κ2) is 4.39. The Morgan fingerprint density at radius 3 is 2.64 bits per heavy atom. The van der Waals surface area contributed by atoms with Crippen LogP contribution in [0.5, 0.6) is 0 Å². The van der Waals surface area contributed by atoms with Crippen LogP contribution in [0.3, 0.4) is 0 Å². The van der Waals surface area contributed by atoms with E-state index in [1.807, 2.05) is 0 Å². The van der Waals surface area contributed by atoms with Crippen molar-refractivity contribution in [3.05, 3.63) is 12.3 Å². The van der Waals surface area contributed by atoms with Crippen LogP contribution in [0.15, 0.2) is 12.3 Å². The Labute approximate surface area is 79.8 Å². The molecule has 0 aromatic rings. The first kappa shape index (κ1) is 11.6. The first-order chi connectivity index (χ1) is 6.44. The number of phosphoric acid groups is 1. The number of aliphatic hydroxyl groups is 2. The van der Waals surface area contributed by atoms with Crippen LogP contribution >= 0.6 is 7.82 Å². The molecular formula is C6H11O7P. The molecule has 0 spiro atoms. The smallest absolute Gasteiger partial charge is 0.470 e. The summed E-state index contributed by atoms with van der Waals surface area (Å²) >= 11 is 0. The second-order valence-corrected chi connectivity index (χ2v) is 3.93. The normalized spacial score (nSPS) is 32.7. The molecule has 8 heteroatoms. The summed E-state index contributed by atoms with van der Waals surface area (Å²) in [5.74, 6) is 0. The fourth-order valence-corrected chi connectivity index (χ4v) is 1.55. The van der Waals surface area contributed by atoms with Crippen LogP contribution < -0.4 is 0 Å². The highest BCUT2D eigenvalue weighted by Gasteiger charge is 2.34. The molecule has 0 saturated heterocycles. The van der Waals surface area contributed by atoms with Crippen LogP contribution in [0, 0.1) is 0 Å². The number of hydrogen-bond donors (Lipinski definition) is 4. The largest absolute Gasteiger partial charge is 0.493 e. The van der Waals surface area contributed by atoms with E-state index < -0.39 is 32.7 Å². The van der Waals surface area contributed by atoms with Gasteiger partial charge < -0.3 is 24.7 Å². The lowest BCUT2D eigenvalue weighted by Gasteiger charge is -2.29. The van der Waals surface area contributed by atoms with Crippen molar-refractivity contribution in [3.63, 3.8) is 0 Å². The predicted octanol–water partition coefficient (Wildman–Crippen LogP) is -1.27. The zero-order valence-electron chi connectivity index (χ0n) is 7.05. The molecule has 0 bridgehead atoms. The van der Waals surface area contributed by atoms with Gasteiger partial charge in [-0.1, -0.05) is 0 Å². The van der Waals surface area contributed by atoms with Crippen molar-refractivity contribution in [1.82, 2.24) is 0 Å². The van der Waals surface area contributed by atoms with Gasteiger partial charge in [0.1, 0.15) is 18.3 Å². The lowest BCUT2D eigenvalue weighted by molar-refractivity contribution is -0.0788. The summed E-state index contributed by atoms with van der Waals surface area (Å²) in [6.45, 7) is -0.466. The van der Waals surface area contributed by atoms with Crippen molar-refractivity contribution in [2.75, 3.05) is 6.61 Å². The maximum Gasteiger partial charge on any atom is 0.470 e. The minimum Gasteiger partial charge on any atom is -0.493 e. The Morgan fingerprint density at radius 1 is 1.50 bits per heavy atom. The van der Waals surface area contributed by atoms with Gasteiger partial charge in [0, 0.05) is 0 Å². The van der Waals surface area contributed by atoms with Crippen molar-refractivity contribution in [2.45, 2.75) is 18.3 Å². The van der Waals surface area contributed by atoms with Gasteiger partial charge in [-0.3, -0.25) is 4.52 Å². The van der Waals surface area contributed by atoms with Crippen LogP contribution in [0.4, 0.5) is 0 Å². The molecule has 0 amide bonds. The fraction of sp³-hybridized carbons (Fsp3) is 0.667. The third-order valence-electron chi connectivity index (χ3n) is 1.68. The third kappa shape index (κ3) is 3.06. The van der Waals surface area contributed by atoms with Crippen LogP contribution in [-0.4, -0.2) is 44.9 Å². The molecule has 0 radical (unpaired) electrons. The Kier molecular flexibility index (Phi) is 3.65. The molecule has 1 aliphatic rings. The maximum absolute atomic E-state index is 10.5. The monoisotopic (exact) mass is 226 g/mol. The molecule has 14 heavy (non-hydrogen) atoms. The molecular weight excluding hydrogens is 215 g/mol. The van der Waals surface area contributed by atoms with Crippen molar-refractivity contribution < 1.29 is 33.8 Å². The van der Waals surface area contributed by atoms with E-state index in [0.717, 1.165) is 12.3 Å². The van der Waals surface area contributed by atoms with Gasteiger partial charge in [-0.25, -0.2) is 4.57 Å². The highest BCUT2D eigenvalue weighted by molar-refractivity contribution is 7.46. The molecule has 1 aliphatic heterocycles. The van der Waals surface area contributed by atoms with Crippen molar-refractivity contribution in [2.24, 2.45) is 0 Å². The number of ether oxygens (including phenoxy) is 1. The van der Waals surface area contributed by atoms with Crippen molar-refractivity contribution in [3.8, 4) is 0 Å². The van der Waals surface area contributed by atoms with E-state index >= 15 is 0 Å². The summed E-state index contributed by atoms with van der Waals surface area (Å²) in [5, 5.41) is 18.1. The lowest BCUT2D eigenvalue weighted by atomic mass is 10.1. The molecule has 0 aromatic heterocycles. The van der Waals surface area contributed by atoms with Crippen LogP contribution in [0.25, 0.3) is 0 Å². The number of rotatable bonds is 3. The molecule has 0 saturated carbocycles. The van der Waals surface area contributed by atoms with Crippen molar-refractivity contribution >= 4 is 7.82 Å². The molecule has 7 nitrogen and oxygen atoms in total. The lowest BCUT2D eigenvalue weighted by Crippen LogP contribution is -2.43. The highest BCUT2D eigenvalue weighted by atomic mass is 31.2. The zero-order valence-corrected chi connectivity index (χ0v) is 7.95. The van der Waals surface area contributed by atoms with E-state index in [1.54, 1.807) is 0 Å². The van der Waals surface area contributed by atoms with Gasteiger partial charge in [-0.05, 0) is 6.08 Å². The second-order valence-electron chi connectivity index (χ2n) is 2.74. The average Bonchev–Trinajstić information content (AvgIpc) is 2.06. The summed E-state index contributed by atoms with van der Waals surface area (Å²) < 4.78 is 19.5. The number of aliphatic hydroxyl groups excluding tert-OH is 2. The van der Waals surface area contributed by atoms with Crippen LogP contribution in [0.1, 0.15) is 0 Å². The average molecular weight is 226 g/mol. The molecule has 0 fully saturated rings. The minimum absolute atomic E-state index is 0.466. The summed E-state index contributed by atoms with van der Waals surface area (Å²) in [7, 11) is -4.66. The molecule has 0 aromatic carbocycles. The molecule has 4 N–H and O–H groups in total. The van der Waals surface area contributed by atoms with E-state index in [2.05, 4.69) is 4.52 Å². The molecule has 1 heterocycles. The van der Waals surface area contributed by atoms with Gasteiger partial charge >= 0.3 is 7.82 Å². The summed E-state index contributed by atoms with van der Waals surface area (Å²) in [5.41, 5.74) is 0. The molecule has 82 valence electrons. The van der Waals surface area contributed by atoms with Gasteiger partial charge in [0.25, 0.3) is 0 Å². The Bertz CT molecular complexity index is 259. The fourth-order valence-electron chi connectivity index (χ4n) is 1.04. The third-order valence-corrected chi connectivity index (χ3v) is 2.20. The van der Waals surface area contributed by atoms with E-state index in [9.17, 15) is 9.67 Å². The summed E-state index contributed by atoms with van der Waals surface area (Å²) in [6, 6.07) is 0. The van der Waals surface area contributed by atoms with Gasteiger partial charge in [0.05, 0.1) is 12.9 Å². The van der Waals surface area contributed by atoms with Gasteiger partial charge in [0.2, 0.25) is 0 Å². The standard InChI is InChI=1S/C6H11O7P/c7-3-5-6(8)4(1-2-12-5)13-14(9,10)11/h1-2,4-8H,3H2,(H2,9,10,11)/t4-,5-,6+/m1/s1. The van der Waals surface area contributed by atoms with E-state index in [0.29, 0.717) is 0 Å². The molecule has 0 unspecified atom stereocenters. The maximum atomic E-state index is 10.5. The molecule has 1 rings (SSSR count). The highest BCUT2D eigenvalue weighted by Crippen LogP contribution is 2.39. The van der Waals surface area contributed by atoms with E-state index in [1.165, 1.54) is 0 Å². The summed E-state index contributed by atoms with van der Waals surface area (Å²) in [6.07, 6.45) is -1.14. The van der Waals surface area contributed by atoms with E-state index in [4.69, 9.17) is 19.6 Å². The first-order valence-corrected chi connectivity index (χ1v) is 5.32. The van der Waals surface area contributed by atoms with Gasteiger partial charge in [0.15, 0.2) is 0 Å². The van der Waals surface area contributed by atoms with Gasteiger partial charge in [-0.2, -0.15) is 0 Å². The topological polar surface area (TPSA) is 116 Å². The quantitative estimate of drug-likeness (QED) is 0.443. The predicted molar refractivity (Wildman–Crippen MR) is 44.0 cm³/mol. The van der Waals surface area contributed by atoms with Crippen molar-refractivity contribution in [1.29, 1.82) is 0 Å².